The van der Waals surface area contributed by atoms with Crippen molar-refractivity contribution in [2.24, 2.45) is 5.41 Å². The number of anilines is 8. The van der Waals surface area contributed by atoms with Crippen LogP contribution in [0.3, 0.4) is 0 Å². The summed E-state index contributed by atoms with van der Waals surface area (Å²) < 4.78 is 0. The second kappa shape index (κ2) is 43.9. The molecule has 2 fully saturated rings. The first-order chi connectivity index (χ1) is 53.1. The van der Waals surface area contributed by atoms with E-state index in [-0.39, 0.29) is 73.4 Å². The van der Waals surface area contributed by atoms with Crippen LogP contribution in [0.5, 0.6) is 0 Å². The van der Waals surface area contributed by atoms with Crippen LogP contribution in [0.4, 0.5) is 45.5 Å². The van der Waals surface area contributed by atoms with Crippen molar-refractivity contribution < 1.29 is 13.3 Å². The van der Waals surface area contributed by atoms with Crippen LogP contribution in [-0.4, -0.2) is 12.3 Å². The Labute approximate surface area is 866 Å². The predicted octanol–water partition coefficient (Wildman–Crippen LogP) is 40.5. The Kier molecular flexibility index (Phi) is 40.8. The van der Waals surface area contributed by atoms with E-state index in [4.69, 9.17) is 0 Å². The molecule has 0 amide bonds. The number of hydrogen-bond donors (Lipinski definition) is 0. The summed E-state index contributed by atoms with van der Waals surface area (Å²) in [5.41, 5.74) is 33.1. The maximum absolute atomic E-state index is 3.23. The molecule has 644 valence electrons. The van der Waals surface area contributed by atoms with E-state index in [0.29, 0.717) is 19.2 Å². The molecule has 0 N–H and O–H groups in total. The van der Waals surface area contributed by atoms with E-state index in [1.54, 1.807) is 27.6 Å². The van der Waals surface area contributed by atoms with Crippen molar-refractivity contribution in [3.63, 3.8) is 0 Å². The molecule has 8 aromatic carbocycles. The van der Waals surface area contributed by atoms with Gasteiger partial charge in [-0.3, -0.25) is 0 Å². The van der Waals surface area contributed by atoms with Crippen molar-refractivity contribution in [1.29, 1.82) is 0 Å². The van der Waals surface area contributed by atoms with E-state index < -0.39 is 71.0 Å². The van der Waals surface area contributed by atoms with Gasteiger partial charge in [0.1, 0.15) is 0 Å². The number of hydrogen-bond acceptors (Lipinski definition) is 3. The molecular weight excluding hydrogens is 4260 g/mol. The molecule has 115 heavy (non-hydrogen) atoms. The summed E-state index contributed by atoms with van der Waals surface area (Å²) in [7, 11) is -4.61. The Bertz CT molecular complexity index is 4810. The van der Waals surface area contributed by atoms with Crippen LogP contribution in [0.2, 0.25) is 0 Å². The Balaban J connectivity index is 0.000000177. The molecule has 5 unspecified atom stereocenters. The summed E-state index contributed by atoms with van der Waals surface area (Å²) >= 11 is 41.0. The van der Waals surface area contributed by atoms with Gasteiger partial charge in [-0.1, -0.05) is 232 Å². The molecule has 0 bridgehead atoms. The topological polar surface area (TPSA) is 9.72 Å². The molecule has 5 atom stereocenters. The van der Waals surface area contributed by atoms with Gasteiger partial charge >= 0.3 is 342 Å². The first-order valence-electron chi connectivity index (χ1n) is 37.6. The standard InChI is InChI=1S/C43H50BN.C42H52N2.CH4.I25/c1-26-20-31-38-37-32(42(9)18-11-12-19-43(38,42)10)21-27(2)22-34(37)44-33-17-16-29(41(6,7)8)25-35(33)45(36(23-26)39(31)44)30-15-13-14-28(24-30)40(3,4)5;1-29-19-20-38-37(25-29)41(9)21-11-12-22-42(41,10)44(38)36-24-30(2)23-35(28-36)43(33-17-13-15-31(26-33)39(3,4)5)34-18-14-16-32(27-34)40(6,7)8;;1-14-16(4)18(6)20(8)22(10)24(12)25(13)23(11)21(9)19(7)17(5)15(2)3/h13-17,20-25,38H,11-12,18-19H2,1-10H3;13-20,23-28H,11-12,21-22H2,1-10H3;1H4;/q;;;-1. The summed E-state index contributed by atoms with van der Waals surface area (Å²) in [6.07, 6.45) is 10.3. The quantitative estimate of drug-likeness (QED) is 0.0705. The number of benzene rings is 8. The maximum atomic E-state index is 3.23. The monoisotopic (exact) mass is 4360 g/mol. The Morgan fingerprint density at radius 1 is 0.409 bits per heavy atom. The fourth-order valence-corrected chi connectivity index (χ4v) is 4000. The molecule has 14 rings (SSSR count). The van der Waals surface area contributed by atoms with Gasteiger partial charge in [-0.15, -0.1) is 0 Å². The zero-order chi connectivity index (χ0) is 83.6. The normalized spacial score (nSPS) is 21.8. The van der Waals surface area contributed by atoms with Crippen LogP contribution in [0, 0.1) is 33.1 Å². The van der Waals surface area contributed by atoms with E-state index >= 15 is 0 Å². The number of aryl methyl sites for hydroxylation is 4. The van der Waals surface area contributed by atoms with E-state index in [0.717, 1.165) is 0 Å². The zero-order valence-electron chi connectivity index (χ0n) is 67.5. The predicted molar refractivity (Wildman–Crippen MR) is 729 cm³/mol. The van der Waals surface area contributed by atoms with Gasteiger partial charge in [0.05, 0.1) is 5.54 Å². The van der Waals surface area contributed by atoms with Gasteiger partial charge in [0.2, 0.25) is 6.71 Å². The minimum absolute atomic E-state index is 0. The fourth-order valence-electron chi connectivity index (χ4n) is 18.3. The summed E-state index contributed by atoms with van der Waals surface area (Å²) in [6, 6.07) is 59.7. The van der Waals surface area contributed by atoms with E-state index in [9.17, 15) is 0 Å². The summed E-state index contributed by atoms with van der Waals surface area (Å²) in [4.78, 5) is 7.84. The second-order valence-corrected chi connectivity index (χ2v) is 588. The van der Waals surface area contributed by atoms with E-state index in [2.05, 4.69) is 547 Å². The third-order valence-electron chi connectivity index (χ3n) is 24.3. The molecule has 2 saturated carbocycles. The molecule has 29 heteroatoms. The first kappa shape index (κ1) is 107. The molecule has 0 saturated heterocycles. The number of halogens is 25. The SMILES string of the molecule is C.Cc1cc(N(c2cccc(C(C)(C)C)c2)c2cccc(C(C)(C)C)c2)cc(N2c3ccc(C)cc3C3(C)CCCCC23C)c1.Cc1cc2c3c(c1)N(c1cccc(C(C)(C)C)c1)c1cc(C(C)(C)C)ccc1B3c1cc(C)cc3c1C2C1(C)CCCCC31C.I[I-]I(I)I(I)I(I)I(I)I(I)I(I)I(I)I(I)I(I)I(I)I(I)I. The zero-order valence-corrected chi connectivity index (χ0v) is 121. The summed E-state index contributed by atoms with van der Waals surface area (Å²) in [6.45, 7) is 47.6. The van der Waals surface area contributed by atoms with Crippen molar-refractivity contribution in [2.45, 2.75) is 241 Å². The molecule has 3 aliphatic heterocycles. The Hall–Kier alpha value is 11.5. The van der Waals surface area contributed by atoms with Crippen LogP contribution in [0.15, 0.2) is 152 Å². The van der Waals surface area contributed by atoms with E-state index in [1.165, 1.54) is 152 Å². The van der Waals surface area contributed by atoms with Crippen molar-refractivity contribution >= 4 is 397 Å². The van der Waals surface area contributed by atoms with Gasteiger partial charge in [-0.25, -0.2) is 0 Å². The number of fused-ring (bicyclic) bond motifs is 10. The average Bonchev–Trinajstić information content (AvgIpc) is 1.51. The van der Waals surface area contributed by atoms with E-state index in [1.807, 2.05) is 0 Å². The summed E-state index contributed by atoms with van der Waals surface area (Å²) in [5, 5.41) is 0. The molecule has 6 aliphatic rings. The van der Waals surface area contributed by atoms with Crippen molar-refractivity contribution in [2.75, 3.05) is 14.7 Å². The molecule has 8 aromatic rings. The first-order valence-corrected chi connectivity index (χ1v) is 188. The third kappa shape index (κ3) is 22.8. The van der Waals surface area contributed by atoms with Crippen LogP contribution in [0.25, 0.3) is 0 Å². The average molecular weight is 4370 g/mol. The van der Waals surface area contributed by atoms with Gasteiger partial charge in [0, 0.05) is 56.8 Å². The molecule has 0 spiro atoms. The van der Waals surface area contributed by atoms with Gasteiger partial charge in [-0.05, 0) is 232 Å². The van der Waals surface area contributed by atoms with Crippen LogP contribution in [-0.2, 0) is 32.5 Å². The molecule has 0 radical (unpaired) electrons. The Morgan fingerprint density at radius 3 is 1.43 bits per heavy atom. The molecule has 3 heterocycles. The van der Waals surface area contributed by atoms with Crippen molar-refractivity contribution in [3.05, 3.63) is 218 Å². The number of nitrogens with zero attached hydrogens (tertiary/aromatic N) is 3. The van der Waals surface area contributed by atoms with Gasteiger partial charge in [0.25, 0.3) is 0 Å². The molecule has 3 aliphatic carbocycles. The summed E-state index contributed by atoms with van der Waals surface area (Å²) in [5.74, 6) is 0.441. The van der Waals surface area contributed by atoms with Crippen LogP contribution < -0.4 is 44.3 Å². The van der Waals surface area contributed by atoms with Crippen LogP contribution in [0.1, 0.15) is 242 Å². The van der Waals surface area contributed by atoms with Crippen molar-refractivity contribution in [1.82, 2.24) is 0 Å². The van der Waals surface area contributed by atoms with Crippen molar-refractivity contribution in [3.8, 4) is 0 Å². The molecule has 0 aromatic heterocycles. The number of rotatable bonds is 16. The fraction of sp³-hybridized carbons (Fsp3) is 0.442. The minimum atomic E-state index is -0.456. The van der Waals surface area contributed by atoms with Gasteiger partial charge in [-0.2, -0.15) is 0 Å². The van der Waals surface area contributed by atoms with Crippen LogP contribution >= 0.6 is 329 Å². The Morgan fingerprint density at radius 2 is 0.887 bits per heavy atom. The molecular formula is C86H106BI25N3-. The third-order valence-corrected chi connectivity index (χ3v) is 1760. The van der Waals surface area contributed by atoms with Gasteiger partial charge < -0.3 is 14.7 Å². The molecule has 3 nitrogen and oxygen atoms in total. The second-order valence-electron chi connectivity index (χ2n) is 35.6. The van der Waals surface area contributed by atoms with Gasteiger partial charge in [0.15, 0.2) is 0 Å².